The fraction of sp³-hybridized carbons (Fsp3) is 0.158. The van der Waals surface area contributed by atoms with Crippen molar-refractivity contribution < 1.29 is 14.5 Å². The van der Waals surface area contributed by atoms with Crippen LogP contribution in [0.15, 0.2) is 48.2 Å². The van der Waals surface area contributed by atoms with Crippen molar-refractivity contribution in [3.05, 3.63) is 74.4 Å². The minimum absolute atomic E-state index is 0.00179. The van der Waals surface area contributed by atoms with E-state index in [0.29, 0.717) is 39.3 Å². The molecule has 0 radical (unpaired) electrons. The molecule has 7 nitrogen and oxygen atoms in total. The molecule has 0 saturated carbocycles. The molecule has 1 aliphatic heterocycles. The molecule has 1 N–H and O–H groups in total. The average Bonchev–Trinajstić information content (AvgIpc) is 2.94. The van der Waals surface area contributed by atoms with Gasteiger partial charge in [-0.2, -0.15) is 0 Å². The van der Waals surface area contributed by atoms with E-state index < -0.39 is 4.92 Å². The lowest BCUT2D eigenvalue weighted by Gasteiger charge is -2.09. The van der Waals surface area contributed by atoms with Crippen molar-refractivity contribution in [1.82, 2.24) is 10.2 Å². The number of hydrogen-bond donors (Lipinski definition) is 1. The number of thiocarbonyl (C=S) groups is 1. The van der Waals surface area contributed by atoms with Gasteiger partial charge < -0.3 is 10.1 Å². The number of carbonyl (C=O) groups excluding carboxylic acids is 1. The number of nitro groups is 1. The molecule has 2 aromatic carbocycles. The minimum Gasteiger partial charge on any atom is -0.487 e. The number of nitrogens with zero attached hydrogens (tertiary/aromatic N) is 2. The minimum atomic E-state index is -0.456. The van der Waals surface area contributed by atoms with Crippen LogP contribution in [0.4, 0.5) is 5.69 Å². The maximum absolute atomic E-state index is 12.2. The van der Waals surface area contributed by atoms with Crippen LogP contribution < -0.4 is 10.1 Å². The van der Waals surface area contributed by atoms with Gasteiger partial charge in [-0.3, -0.25) is 19.8 Å². The zero-order valence-electron chi connectivity index (χ0n) is 14.8. The molecular formula is C19H16ClN3O4S. The molecule has 28 heavy (non-hydrogen) atoms. The van der Waals surface area contributed by atoms with Crippen LogP contribution in [0.25, 0.3) is 6.08 Å². The maximum atomic E-state index is 12.2. The second-order valence-corrected chi connectivity index (χ2v) is 6.74. The number of nitro benzene ring substituents is 1. The molecule has 0 atom stereocenters. The van der Waals surface area contributed by atoms with E-state index in [1.165, 1.54) is 17.0 Å². The normalized spacial score (nSPS) is 15.1. The summed E-state index contributed by atoms with van der Waals surface area (Å²) in [5.41, 5.74) is 1.75. The summed E-state index contributed by atoms with van der Waals surface area (Å²) in [5.74, 6) is 0.251. The Hall–Kier alpha value is -2.97. The van der Waals surface area contributed by atoms with Gasteiger partial charge in [-0.1, -0.05) is 29.8 Å². The topological polar surface area (TPSA) is 84.7 Å². The van der Waals surface area contributed by atoms with E-state index in [1.807, 2.05) is 6.92 Å². The maximum Gasteiger partial charge on any atom is 0.276 e. The number of hydrogen-bond acceptors (Lipinski definition) is 5. The van der Waals surface area contributed by atoms with E-state index in [4.69, 9.17) is 28.6 Å². The van der Waals surface area contributed by atoms with Crippen LogP contribution in [-0.2, 0) is 11.4 Å². The zero-order valence-corrected chi connectivity index (χ0v) is 16.4. The Morgan fingerprint density at radius 1 is 1.32 bits per heavy atom. The van der Waals surface area contributed by atoms with E-state index in [2.05, 4.69) is 5.32 Å². The van der Waals surface area contributed by atoms with Crippen LogP contribution in [0.3, 0.4) is 0 Å². The van der Waals surface area contributed by atoms with Crippen molar-refractivity contribution in [2.24, 2.45) is 0 Å². The molecule has 0 spiro atoms. The molecule has 1 aliphatic rings. The molecule has 1 amide bonds. The van der Waals surface area contributed by atoms with Crippen molar-refractivity contribution in [3.63, 3.8) is 0 Å². The first-order chi connectivity index (χ1) is 13.4. The van der Waals surface area contributed by atoms with Crippen LogP contribution in [0.5, 0.6) is 5.75 Å². The Morgan fingerprint density at radius 2 is 2.11 bits per heavy atom. The largest absolute Gasteiger partial charge is 0.487 e. The molecule has 3 rings (SSSR count). The van der Waals surface area contributed by atoms with E-state index in [-0.39, 0.29) is 18.2 Å². The Labute approximate surface area is 171 Å². The molecule has 1 heterocycles. The molecule has 9 heteroatoms. The molecule has 1 fully saturated rings. The number of ether oxygens (including phenoxy) is 1. The smallest absolute Gasteiger partial charge is 0.276 e. The highest BCUT2D eigenvalue weighted by Crippen LogP contribution is 2.28. The second-order valence-electron chi connectivity index (χ2n) is 5.94. The summed E-state index contributed by atoms with van der Waals surface area (Å²) in [5, 5.41) is 14.5. The van der Waals surface area contributed by atoms with Crippen molar-refractivity contribution in [3.8, 4) is 5.75 Å². The summed E-state index contributed by atoms with van der Waals surface area (Å²) in [4.78, 5) is 24.1. The molecule has 144 valence electrons. The van der Waals surface area contributed by atoms with Crippen molar-refractivity contribution >= 4 is 46.6 Å². The zero-order chi connectivity index (χ0) is 20.3. The van der Waals surface area contributed by atoms with Crippen LogP contribution in [0, 0.1) is 10.1 Å². The first kappa shape index (κ1) is 19.8. The predicted octanol–water partition coefficient (Wildman–Crippen LogP) is 3.90. The highest BCUT2D eigenvalue weighted by molar-refractivity contribution is 7.80. The lowest BCUT2D eigenvalue weighted by atomic mass is 10.1. The van der Waals surface area contributed by atoms with Crippen molar-refractivity contribution in [1.29, 1.82) is 0 Å². The summed E-state index contributed by atoms with van der Waals surface area (Å²) < 4.78 is 5.67. The Balaban J connectivity index is 1.72. The van der Waals surface area contributed by atoms with Gasteiger partial charge in [0.2, 0.25) is 0 Å². The summed E-state index contributed by atoms with van der Waals surface area (Å²) in [6, 6.07) is 11.3. The Kier molecular flexibility index (Phi) is 5.91. The summed E-state index contributed by atoms with van der Waals surface area (Å²) in [6.45, 7) is 2.48. The first-order valence-corrected chi connectivity index (χ1v) is 9.18. The third kappa shape index (κ3) is 4.29. The van der Waals surface area contributed by atoms with Gasteiger partial charge in [0.25, 0.3) is 11.6 Å². The van der Waals surface area contributed by atoms with Crippen LogP contribution in [0.2, 0.25) is 5.02 Å². The van der Waals surface area contributed by atoms with E-state index in [9.17, 15) is 14.9 Å². The van der Waals surface area contributed by atoms with Crippen molar-refractivity contribution in [2.45, 2.75) is 13.5 Å². The van der Waals surface area contributed by atoms with E-state index in [0.717, 1.165) is 0 Å². The Bertz CT molecular complexity index is 993. The molecule has 0 unspecified atom stereocenters. The van der Waals surface area contributed by atoms with Gasteiger partial charge in [0.05, 0.1) is 9.95 Å². The quantitative estimate of drug-likeness (QED) is 0.332. The SMILES string of the molecule is CCN1C(=O)/C(=C/c2ccc(OCc3cccc([N+](=O)[O-])c3)c(Cl)c2)NC1=S. The number of carbonyl (C=O) groups is 1. The van der Waals surface area contributed by atoms with Crippen LogP contribution in [-0.4, -0.2) is 27.4 Å². The van der Waals surface area contributed by atoms with Gasteiger partial charge in [0.1, 0.15) is 18.1 Å². The number of nitrogens with one attached hydrogen (secondary N) is 1. The van der Waals surface area contributed by atoms with Gasteiger partial charge in [-0.25, -0.2) is 0 Å². The molecule has 0 aromatic heterocycles. The third-order valence-electron chi connectivity index (χ3n) is 4.06. The molecule has 0 aliphatic carbocycles. The monoisotopic (exact) mass is 417 g/mol. The fourth-order valence-electron chi connectivity index (χ4n) is 2.67. The van der Waals surface area contributed by atoms with Crippen LogP contribution >= 0.6 is 23.8 Å². The predicted molar refractivity (Wildman–Crippen MR) is 110 cm³/mol. The summed E-state index contributed by atoms with van der Waals surface area (Å²) >= 11 is 11.4. The van der Waals surface area contributed by atoms with Gasteiger partial charge in [-0.05, 0) is 48.5 Å². The van der Waals surface area contributed by atoms with Gasteiger partial charge in [0.15, 0.2) is 5.11 Å². The molecule has 2 aromatic rings. The fourth-order valence-corrected chi connectivity index (χ4v) is 3.24. The van der Waals surface area contributed by atoms with Gasteiger partial charge in [-0.15, -0.1) is 0 Å². The number of benzene rings is 2. The number of likely N-dealkylation sites (N-methyl/N-ethyl adjacent to an activating group) is 1. The lowest BCUT2D eigenvalue weighted by molar-refractivity contribution is -0.384. The lowest BCUT2D eigenvalue weighted by Crippen LogP contribution is -2.30. The number of amides is 1. The van der Waals surface area contributed by atoms with E-state index in [1.54, 1.807) is 36.4 Å². The number of halogens is 1. The number of non-ortho nitro benzene ring substituents is 1. The summed E-state index contributed by atoms with van der Waals surface area (Å²) in [7, 11) is 0. The van der Waals surface area contributed by atoms with Crippen molar-refractivity contribution in [2.75, 3.05) is 6.54 Å². The highest BCUT2D eigenvalue weighted by atomic mass is 35.5. The van der Waals surface area contributed by atoms with Crippen LogP contribution in [0.1, 0.15) is 18.1 Å². The molecule has 0 bridgehead atoms. The molecular weight excluding hydrogens is 402 g/mol. The first-order valence-electron chi connectivity index (χ1n) is 8.39. The second kappa shape index (κ2) is 8.37. The number of rotatable bonds is 6. The van der Waals surface area contributed by atoms with Gasteiger partial charge in [0, 0.05) is 18.7 Å². The highest BCUT2D eigenvalue weighted by Gasteiger charge is 2.28. The third-order valence-corrected chi connectivity index (χ3v) is 4.68. The Morgan fingerprint density at radius 3 is 2.75 bits per heavy atom. The van der Waals surface area contributed by atoms with Gasteiger partial charge >= 0.3 is 0 Å². The molecule has 1 saturated heterocycles. The summed E-state index contributed by atoms with van der Waals surface area (Å²) in [6.07, 6.45) is 1.67. The average molecular weight is 418 g/mol. The standard InChI is InChI=1S/C19H16ClN3O4S/c1-2-22-18(24)16(21-19(22)28)10-12-6-7-17(15(20)9-12)27-11-13-4-3-5-14(8-13)23(25)26/h3-10H,2,11H2,1H3,(H,21,28)/b16-10-. The van der Waals surface area contributed by atoms with E-state index >= 15 is 0 Å².